The second kappa shape index (κ2) is 5.22. The molecule has 2 atom stereocenters. The van der Waals surface area contributed by atoms with Crippen LogP contribution < -0.4 is 4.90 Å². The van der Waals surface area contributed by atoms with Gasteiger partial charge >= 0.3 is 0 Å². The van der Waals surface area contributed by atoms with E-state index in [4.69, 9.17) is 23.2 Å². The van der Waals surface area contributed by atoms with E-state index in [1.165, 1.54) is 38.5 Å². The molecule has 0 aromatic carbocycles. The number of nitrogens with zero attached hydrogens (tertiary/aromatic N) is 3. The van der Waals surface area contributed by atoms with Gasteiger partial charge in [0.15, 0.2) is 10.3 Å². The fourth-order valence-electron chi connectivity index (χ4n) is 3.47. The van der Waals surface area contributed by atoms with E-state index in [0.29, 0.717) is 16.3 Å². The fourth-order valence-corrected chi connectivity index (χ4v) is 3.81. The van der Waals surface area contributed by atoms with E-state index in [9.17, 15) is 0 Å². The Hall–Kier alpha value is -0.540. The van der Waals surface area contributed by atoms with Gasteiger partial charge in [-0.15, -0.1) is 10.2 Å². The van der Waals surface area contributed by atoms with Crippen LogP contribution >= 0.6 is 23.2 Å². The highest BCUT2D eigenvalue weighted by atomic mass is 35.5. The van der Waals surface area contributed by atoms with Crippen molar-refractivity contribution >= 4 is 28.9 Å². The van der Waals surface area contributed by atoms with Crippen LogP contribution in [0.15, 0.2) is 6.07 Å². The number of aromatic nitrogens is 2. The van der Waals surface area contributed by atoms with Crippen molar-refractivity contribution in [2.24, 2.45) is 5.92 Å². The Bertz CT molecular complexity index is 436. The Kier molecular flexibility index (Phi) is 3.62. The second-order valence-corrected chi connectivity index (χ2v) is 6.04. The Labute approximate surface area is 117 Å². The minimum atomic E-state index is 0.423. The van der Waals surface area contributed by atoms with Gasteiger partial charge < -0.3 is 4.90 Å². The van der Waals surface area contributed by atoms with Crippen molar-refractivity contribution in [3.8, 4) is 0 Å². The minimum absolute atomic E-state index is 0.423. The van der Waals surface area contributed by atoms with Gasteiger partial charge in [0.1, 0.15) is 0 Å². The molecule has 18 heavy (non-hydrogen) atoms. The average Bonchev–Trinajstić information content (AvgIpc) is 2.41. The van der Waals surface area contributed by atoms with Crippen LogP contribution in [-0.2, 0) is 0 Å². The summed E-state index contributed by atoms with van der Waals surface area (Å²) < 4.78 is 0. The van der Waals surface area contributed by atoms with E-state index < -0.39 is 0 Å². The summed E-state index contributed by atoms with van der Waals surface area (Å²) in [6, 6.07) is 2.47. The van der Waals surface area contributed by atoms with Gasteiger partial charge in [0.2, 0.25) is 0 Å². The zero-order valence-corrected chi connectivity index (χ0v) is 11.8. The van der Waals surface area contributed by atoms with Crippen LogP contribution in [0.4, 0.5) is 5.69 Å². The summed E-state index contributed by atoms with van der Waals surface area (Å²) in [6.07, 6.45) is 7.90. The van der Waals surface area contributed by atoms with Gasteiger partial charge in [-0.25, -0.2) is 0 Å². The molecule has 0 N–H and O–H groups in total. The van der Waals surface area contributed by atoms with Crippen molar-refractivity contribution in [2.45, 2.75) is 44.6 Å². The van der Waals surface area contributed by atoms with Gasteiger partial charge in [-0.05, 0) is 31.6 Å². The summed E-state index contributed by atoms with van der Waals surface area (Å²) in [7, 11) is 0. The van der Waals surface area contributed by atoms with Crippen LogP contribution in [0.2, 0.25) is 10.3 Å². The molecule has 2 fully saturated rings. The minimum Gasteiger partial charge on any atom is -0.366 e. The molecule has 3 rings (SSSR count). The monoisotopic (exact) mass is 285 g/mol. The molecular weight excluding hydrogens is 269 g/mol. The molecule has 0 bridgehead atoms. The molecule has 0 amide bonds. The molecule has 2 aliphatic rings. The van der Waals surface area contributed by atoms with Crippen molar-refractivity contribution in [3.63, 3.8) is 0 Å². The number of fused-ring (bicyclic) bond motifs is 1. The lowest BCUT2D eigenvalue weighted by molar-refractivity contribution is 0.243. The molecule has 1 aromatic rings. The lowest BCUT2D eigenvalue weighted by Gasteiger charge is -2.45. The first kappa shape index (κ1) is 12.5. The predicted octanol–water partition coefficient (Wildman–Crippen LogP) is 3.94. The molecule has 0 radical (unpaired) electrons. The van der Waals surface area contributed by atoms with Crippen molar-refractivity contribution < 1.29 is 0 Å². The number of halogens is 2. The normalized spacial score (nSPS) is 28.0. The molecule has 1 aliphatic carbocycles. The molecule has 1 aromatic heterocycles. The molecule has 3 nitrogen and oxygen atoms in total. The summed E-state index contributed by atoms with van der Waals surface area (Å²) in [5, 5.41) is 8.63. The van der Waals surface area contributed by atoms with Gasteiger partial charge in [0, 0.05) is 18.7 Å². The van der Waals surface area contributed by atoms with Crippen LogP contribution in [0, 0.1) is 5.92 Å². The fraction of sp³-hybridized carbons (Fsp3) is 0.692. The van der Waals surface area contributed by atoms with Crippen molar-refractivity contribution in [3.05, 3.63) is 16.4 Å². The first-order valence-electron chi connectivity index (χ1n) is 6.71. The maximum atomic E-state index is 6.19. The number of rotatable bonds is 1. The molecule has 2 unspecified atom stereocenters. The molecule has 2 heterocycles. The van der Waals surface area contributed by atoms with E-state index in [2.05, 4.69) is 15.1 Å². The van der Waals surface area contributed by atoms with Gasteiger partial charge in [-0.1, -0.05) is 36.0 Å². The molecule has 1 saturated heterocycles. The number of anilines is 1. The molecule has 1 saturated carbocycles. The Balaban J connectivity index is 1.91. The SMILES string of the molecule is Clc1cc(N2CCCC3CCCCC32)c(Cl)nn1. The highest BCUT2D eigenvalue weighted by molar-refractivity contribution is 6.33. The van der Waals surface area contributed by atoms with E-state index in [1.54, 1.807) is 0 Å². The standard InChI is InChI=1S/C13H17Cl2N3/c14-12-8-11(13(15)17-16-12)18-7-3-5-9-4-1-2-6-10(9)18/h8-10H,1-7H2. The smallest absolute Gasteiger partial charge is 0.175 e. The van der Waals surface area contributed by atoms with Gasteiger partial charge in [-0.2, -0.15) is 0 Å². The first-order chi connectivity index (χ1) is 8.75. The maximum Gasteiger partial charge on any atom is 0.175 e. The largest absolute Gasteiger partial charge is 0.366 e. The van der Waals surface area contributed by atoms with E-state index in [1.807, 2.05) is 6.07 Å². The highest BCUT2D eigenvalue weighted by Crippen LogP contribution is 2.39. The van der Waals surface area contributed by atoms with Crippen LogP contribution in [0.25, 0.3) is 0 Å². The quantitative estimate of drug-likeness (QED) is 0.783. The Morgan fingerprint density at radius 3 is 2.72 bits per heavy atom. The van der Waals surface area contributed by atoms with E-state index in [-0.39, 0.29) is 0 Å². The van der Waals surface area contributed by atoms with Crippen LogP contribution in [0.1, 0.15) is 38.5 Å². The number of piperidine rings is 1. The third-order valence-corrected chi connectivity index (χ3v) is 4.71. The average molecular weight is 286 g/mol. The molecule has 0 spiro atoms. The van der Waals surface area contributed by atoms with Gasteiger partial charge in [-0.3, -0.25) is 0 Å². The predicted molar refractivity (Wildman–Crippen MR) is 74.4 cm³/mol. The summed E-state index contributed by atoms with van der Waals surface area (Å²) >= 11 is 12.1. The zero-order chi connectivity index (χ0) is 12.5. The number of hydrogen-bond donors (Lipinski definition) is 0. The van der Waals surface area contributed by atoms with Crippen molar-refractivity contribution in [2.75, 3.05) is 11.4 Å². The van der Waals surface area contributed by atoms with Gasteiger partial charge in [0.05, 0.1) is 5.69 Å². The molecule has 5 heteroatoms. The summed E-state index contributed by atoms with van der Waals surface area (Å²) in [6.45, 7) is 1.06. The zero-order valence-electron chi connectivity index (χ0n) is 10.3. The van der Waals surface area contributed by atoms with Crippen LogP contribution in [-0.4, -0.2) is 22.8 Å². The summed E-state index contributed by atoms with van der Waals surface area (Å²) in [5.41, 5.74) is 0.966. The van der Waals surface area contributed by atoms with Crippen molar-refractivity contribution in [1.82, 2.24) is 10.2 Å². The highest BCUT2D eigenvalue weighted by Gasteiger charge is 2.34. The second-order valence-electron chi connectivity index (χ2n) is 5.29. The topological polar surface area (TPSA) is 29.0 Å². The van der Waals surface area contributed by atoms with E-state index in [0.717, 1.165) is 18.2 Å². The van der Waals surface area contributed by atoms with Crippen LogP contribution in [0.3, 0.4) is 0 Å². The number of hydrogen-bond acceptors (Lipinski definition) is 3. The lowest BCUT2D eigenvalue weighted by atomic mass is 9.78. The Morgan fingerprint density at radius 1 is 1.06 bits per heavy atom. The third-order valence-electron chi connectivity index (χ3n) is 4.25. The molecular formula is C13H17Cl2N3. The molecule has 1 aliphatic heterocycles. The third kappa shape index (κ3) is 2.30. The first-order valence-corrected chi connectivity index (χ1v) is 7.46. The molecule has 98 valence electrons. The Morgan fingerprint density at radius 2 is 1.83 bits per heavy atom. The van der Waals surface area contributed by atoms with Crippen LogP contribution in [0.5, 0.6) is 0 Å². The maximum absolute atomic E-state index is 6.19. The lowest BCUT2D eigenvalue weighted by Crippen LogP contribution is -2.47. The van der Waals surface area contributed by atoms with Crippen molar-refractivity contribution in [1.29, 1.82) is 0 Å². The van der Waals surface area contributed by atoms with E-state index >= 15 is 0 Å². The summed E-state index contributed by atoms with van der Waals surface area (Å²) in [5.74, 6) is 0.815. The van der Waals surface area contributed by atoms with Gasteiger partial charge in [0.25, 0.3) is 0 Å². The summed E-state index contributed by atoms with van der Waals surface area (Å²) in [4.78, 5) is 2.41.